The molecule has 0 unspecified atom stereocenters. The van der Waals surface area contributed by atoms with E-state index in [0.717, 1.165) is 5.56 Å². The van der Waals surface area contributed by atoms with Gasteiger partial charge >= 0.3 is 0 Å². The molecule has 0 aliphatic rings. The summed E-state index contributed by atoms with van der Waals surface area (Å²) in [5.41, 5.74) is 5.23. The van der Waals surface area contributed by atoms with Gasteiger partial charge in [0.05, 0.1) is 20.4 Å². The zero-order chi connectivity index (χ0) is 24.8. The van der Waals surface area contributed by atoms with Gasteiger partial charge in [0, 0.05) is 16.1 Å². The van der Waals surface area contributed by atoms with Crippen molar-refractivity contribution in [1.29, 1.82) is 0 Å². The van der Waals surface area contributed by atoms with Crippen LogP contribution >= 0.6 is 22.9 Å². The highest BCUT2D eigenvalue weighted by Crippen LogP contribution is 2.36. The van der Waals surface area contributed by atoms with E-state index in [1.54, 1.807) is 69.0 Å². The molecular formula is C25H20ClFN4O3S. The van der Waals surface area contributed by atoms with Gasteiger partial charge in [-0.15, -0.1) is 0 Å². The van der Waals surface area contributed by atoms with Gasteiger partial charge in [-0.05, 0) is 72.3 Å². The van der Waals surface area contributed by atoms with E-state index < -0.39 is 0 Å². The Labute approximate surface area is 210 Å². The number of halogens is 2. The van der Waals surface area contributed by atoms with E-state index in [4.69, 9.17) is 21.1 Å². The topological polar surface area (TPSA) is 84.8 Å². The molecule has 0 spiro atoms. The van der Waals surface area contributed by atoms with Gasteiger partial charge in [0.1, 0.15) is 16.5 Å². The minimum absolute atomic E-state index is 0.325. The molecule has 0 fully saturated rings. The lowest BCUT2D eigenvalue weighted by Gasteiger charge is -2.07. The molecule has 2 N–H and O–H groups in total. The van der Waals surface area contributed by atoms with Crippen molar-refractivity contribution in [3.05, 3.63) is 88.7 Å². The summed E-state index contributed by atoms with van der Waals surface area (Å²) < 4.78 is 24.0. The molecule has 1 heterocycles. The van der Waals surface area contributed by atoms with E-state index in [1.807, 2.05) is 6.07 Å². The summed E-state index contributed by atoms with van der Waals surface area (Å²) in [4.78, 5) is 17.3. The van der Waals surface area contributed by atoms with Crippen LogP contribution < -0.4 is 20.2 Å². The molecule has 10 heteroatoms. The molecule has 0 radical (unpaired) electrons. The average Bonchev–Trinajstić information content (AvgIpc) is 3.27. The molecule has 0 atom stereocenters. The van der Waals surface area contributed by atoms with E-state index >= 15 is 0 Å². The maximum absolute atomic E-state index is 13.5. The van der Waals surface area contributed by atoms with E-state index in [0.29, 0.717) is 43.5 Å². The molecule has 7 nitrogen and oxygen atoms in total. The molecule has 0 bridgehead atoms. The van der Waals surface area contributed by atoms with Gasteiger partial charge in [0.15, 0.2) is 11.5 Å². The highest BCUT2D eigenvalue weighted by Gasteiger charge is 2.17. The van der Waals surface area contributed by atoms with Gasteiger partial charge in [0.25, 0.3) is 5.91 Å². The summed E-state index contributed by atoms with van der Waals surface area (Å²) >= 11 is 7.12. The molecular weight excluding hydrogens is 491 g/mol. The largest absolute Gasteiger partial charge is 0.493 e. The van der Waals surface area contributed by atoms with Gasteiger partial charge in [-0.2, -0.15) is 5.10 Å². The number of rotatable bonds is 8. The van der Waals surface area contributed by atoms with Crippen molar-refractivity contribution in [2.75, 3.05) is 25.0 Å². The lowest BCUT2D eigenvalue weighted by atomic mass is 10.1. The second kappa shape index (κ2) is 11.0. The van der Waals surface area contributed by atoms with Gasteiger partial charge in [-0.1, -0.05) is 22.9 Å². The van der Waals surface area contributed by atoms with Crippen LogP contribution in [0, 0.1) is 5.82 Å². The third-order valence-corrected chi connectivity index (χ3v) is 5.99. The Morgan fingerprint density at radius 2 is 1.74 bits per heavy atom. The number of anilines is 2. The predicted molar refractivity (Wildman–Crippen MR) is 138 cm³/mol. The van der Waals surface area contributed by atoms with Crippen molar-refractivity contribution in [1.82, 2.24) is 4.98 Å². The number of nitrogens with zero attached hydrogens (tertiary/aromatic N) is 2. The van der Waals surface area contributed by atoms with Crippen LogP contribution in [0.3, 0.4) is 0 Å². The summed E-state index contributed by atoms with van der Waals surface area (Å²) in [6.07, 6.45) is 1.60. The first kappa shape index (κ1) is 24.2. The number of carbonyl (C=O) groups excluding carboxylic acids is 1. The average molecular weight is 511 g/mol. The summed E-state index contributed by atoms with van der Waals surface area (Å²) in [5.74, 6) is 0.502. The number of hydrogen-bond acceptors (Lipinski definition) is 7. The van der Waals surface area contributed by atoms with Crippen molar-refractivity contribution in [3.63, 3.8) is 0 Å². The van der Waals surface area contributed by atoms with Crippen LogP contribution in [0.15, 0.2) is 71.8 Å². The highest BCUT2D eigenvalue weighted by atomic mass is 35.5. The molecule has 35 heavy (non-hydrogen) atoms. The van der Waals surface area contributed by atoms with Crippen LogP contribution in [0.2, 0.25) is 5.02 Å². The van der Waals surface area contributed by atoms with Crippen LogP contribution in [0.5, 0.6) is 11.5 Å². The maximum Gasteiger partial charge on any atom is 0.256 e. The summed E-state index contributed by atoms with van der Waals surface area (Å²) in [7, 11) is 3.13. The fraction of sp³-hybridized carbons (Fsp3) is 0.0800. The van der Waals surface area contributed by atoms with Crippen molar-refractivity contribution in [3.8, 4) is 22.8 Å². The second-order valence-electron chi connectivity index (χ2n) is 7.15. The Morgan fingerprint density at radius 3 is 2.43 bits per heavy atom. The SMILES string of the molecule is COc1ccc(/C=N/Nc2nc(-c3ccc(F)cc3)c(NC(=O)c3ccc(Cl)cc3)s2)cc1OC. The summed E-state index contributed by atoms with van der Waals surface area (Å²) in [6, 6.07) is 17.8. The van der Waals surface area contributed by atoms with Gasteiger partial charge in [0.2, 0.25) is 5.13 Å². The summed E-state index contributed by atoms with van der Waals surface area (Å²) in [5, 5.41) is 8.57. The molecule has 4 rings (SSSR count). The third-order valence-electron chi connectivity index (χ3n) is 4.86. The molecule has 0 saturated carbocycles. The second-order valence-corrected chi connectivity index (χ2v) is 8.58. The lowest BCUT2D eigenvalue weighted by Crippen LogP contribution is -2.11. The number of thiazole rings is 1. The van der Waals surface area contributed by atoms with Crippen LogP contribution in [0.25, 0.3) is 11.3 Å². The zero-order valence-electron chi connectivity index (χ0n) is 18.7. The first-order valence-corrected chi connectivity index (χ1v) is 11.5. The third kappa shape index (κ3) is 5.95. The zero-order valence-corrected chi connectivity index (χ0v) is 20.3. The van der Waals surface area contributed by atoms with Gasteiger partial charge in [-0.25, -0.2) is 9.37 Å². The smallest absolute Gasteiger partial charge is 0.256 e. The predicted octanol–water partition coefficient (Wildman–Crippen LogP) is 6.32. The van der Waals surface area contributed by atoms with Crippen LogP contribution in [-0.2, 0) is 0 Å². The number of benzene rings is 3. The van der Waals surface area contributed by atoms with Gasteiger partial charge in [-0.3, -0.25) is 10.2 Å². The van der Waals surface area contributed by atoms with Gasteiger partial charge < -0.3 is 14.8 Å². The number of nitrogens with one attached hydrogen (secondary N) is 2. The fourth-order valence-electron chi connectivity index (χ4n) is 3.13. The Hall–Kier alpha value is -3.95. The molecule has 0 aliphatic heterocycles. The molecule has 0 saturated heterocycles. The molecule has 1 aromatic heterocycles. The normalized spacial score (nSPS) is 10.9. The van der Waals surface area contributed by atoms with E-state index in [-0.39, 0.29) is 11.7 Å². The molecule has 0 aliphatic carbocycles. The quantitative estimate of drug-likeness (QED) is 0.214. The van der Waals surface area contributed by atoms with Crippen molar-refractivity contribution in [2.24, 2.45) is 5.10 Å². The maximum atomic E-state index is 13.5. The number of ether oxygens (including phenoxy) is 2. The Balaban J connectivity index is 1.58. The number of hydrazone groups is 1. The molecule has 1 amide bonds. The Bertz CT molecular complexity index is 1360. The standard InChI is InChI=1S/C25H20ClFN4O3S/c1-33-20-12-3-15(13-21(20)34-2)14-28-31-25-29-22(16-6-10-19(27)11-7-16)24(35-25)30-23(32)17-4-8-18(26)9-5-17/h3-14H,1-2H3,(H,29,31)(H,30,32)/b28-14+. The Morgan fingerprint density at radius 1 is 1.03 bits per heavy atom. The first-order chi connectivity index (χ1) is 17.0. The first-order valence-electron chi connectivity index (χ1n) is 10.3. The van der Waals surface area contributed by atoms with Crippen LogP contribution in [0.1, 0.15) is 15.9 Å². The Kier molecular flexibility index (Phi) is 7.59. The lowest BCUT2D eigenvalue weighted by molar-refractivity contribution is 0.102. The monoisotopic (exact) mass is 510 g/mol. The van der Waals surface area contributed by atoms with Crippen molar-refractivity contribution in [2.45, 2.75) is 0 Å². The molecule has 3 aromatic carbocycles. The number of amides is 1. The van der Waals surface area contributed by atoms with Crippen molar-refractivity contribution < 1.29 is 18.7 Å². The fourth-order valence-corrected chi connectivity index (χ4v) is 4.09. The number of methoxy groups -OCH3 is 2. The van der Waals surface area contributed by atoms with E-state index in [2.05, 4.69) is 20.8 Å². The minimum atomic E-state index is -0.367. The number of hydrogen-bond donors (Lipinski definition) is 2. The molecule has 4 aromatic rings. The summed E-state index contributed by atoms with van der Waals surface area (Å²) in [6.45, 7) is 0. The minimum Gasteiger partial charge on any atom is -0.493 e. The van der Waals surface area contributed by atoms with E-state index in [1.165, 1.54) is 23.5 Å². The van der Waals surface area contributed by atoms with Crippen molar-refractivity contribution >= 4 is 45.2 Å². The molecule has 178 valence electrons. The van der Waals surface area contributed by atoms with Crippen LogP contribution in [0.4, 0.5) is 14.5 Å². The van der Waals surface area contributed by atoms with Crippen LogP contribution in [-0.4, -0.2) is 31.3 Å². The highest BCUT2D eigenvalue weighted by molar-refractivity contribution is 7.20. The van der Waals surface area contributed by atoms with E-state index in [9.17, 15) is 9.18 Å². The number of carbonyl (C=O) groups is 1. The number of aromatic nitrogens is 1.